The van der Waals surface area contributed by atoms with Gasteiger partial charge in [0.05, 0.1) is 6.42 Å². The molecule has 0 radical (unpaired) electrons. The van der Waals surface area contributed by atoms with Crippen molar-refractivity contribution in [3.8, 4) is 0 Å². The van der Waals surface area contributed by atoms with Crippen LogP contribution >= 0.6 is 0 Å². The Morgan fingerprint density at radius 1 is 1.24 bits per heavy atom. The number of carbonyl (C=O) groups excluding carboxylic acids is 3. The number of carbonyl (C=O) groups is 3. The van der Waals surface area contributed by atoms with Gasteiger partial charge in [-0.2, -0.15) is 0 Å². The normalized spacial score (nSPS) is 17.8. The second-order valence-electron chi connectivity index (χ2n) is 9.39. The minimum absolute atomic E-state index is 0.00814. The lowest BCUT2D eigenvalue weighted by molar-refractivity contribution is -0.129. The van der Waals surface area contributed by atoms with Crippen molar-refractivity contribution in [1.82, 2.24) is 5.32 Å². The number of nitrogens with two attached hydrogens (primary N) is 1. The molecule has 0 unspecified atom stereocenters. The SMILES string of the molecule is CC(C)(C)c1ccc(NC(=O)[C@H](NC(=O)C/C(O)=C/C(N)=O)C2CCC(F)(F)CC2)cc1F. The van der Waals surface area contributed by atoms with Crippen molar-refractivity contribution in [3.63, 3.8) is 0 Å². The molecule has 10 heteroatoms. The standard InChI is InChI=1S/C23H30F3N3O4/c1-22(2,3)16-5-4-14(10-17(16)24)28-21(33)20(13-6-8-23(25,26)9-7-13)29-19(32)12-15(30)11-18(27)31/h4-5,10-11,13,20,30H,6-9,12H2,1-3H3,(H2,27,31)(H,28,33)(H,29,32)/b15-11-/t20-/m1/s1. The number of alkyl halides is 2. The van der Waals surface area contributed by atoms with E-state index in [0.29, 0.717) is 11.6 Å². The zero-order chi connectivity index (χ0) is 25.0. The first kappa shape index (κ1) is 26.2. The molecule has 0 aromatic heterocycles. The van der Waals surface area contributed by atoms with Crippen LogP contribution in [0.15, 0.2) is 30.0 Å². The van der Waals surface area contributed by atoms with Crippen molar-refractivity contribution in [2.45, 2.75) is 70.3 Å². The topological polar surface area (TPSA) is 122 Å². The summed E-state index contributed by atoms with van der Waals surface area (Å²) in [6.07, 6.45) is -0.838. The smallest absolute Gasteiger partial charge is 0.248 e. The third-order valence-electron chi connectivity index (χ3n) is 5.53. The van der Waals surface area contributed by atoms with Gasteiger partial charge in [0.15, 0.2) is 0 Å². The third-order valence-corrected chi connectivity index (χ3v) is 5.53. The van der Waals surface area contributed by atoms with Crippen LogP contribution in [0.4, 0.5) is 18.9 Å². The van der Waals surface area contributed by atoms with Crippen LogP contribution in [0, 0.1) is 11.7 Å². The van der Waals surface area contributed by atoms with Crippen LogP contribution in [0.2, 0.25) is 0 Å². The van der Waals surface area contributed by atoms with Crippen molar-refractivity contribution in [1.29, 1.82) is 0 Å². The Morgan fingerprint density at radius 2 is 1.85 bits per heavy atom. The van der Waals surface area contributed by atoms with Gasteiger partial charge >= 0.3 is 0 Å². The number of benzene rings is 1. The maximum atomic E-state index is 14.5. The molecular formula is C23H30F3N3O4. The summed E-state index contributed by atoms with van der Waals surface area (Å²) in [5.74, 6) is -6.99. The van der Waals surface area contributed by atoms with Crippen molar-refractivity contribution in [2.75, 3.05) is 5.32 Å². The Balaban J connectivity index is 2.20. The molecule has 0 bridgehead atoms. The third kappa shape index (κ3) is 7.80. The molecule has 3 amide bonds. The zero-order valence-electron chi connectivity index (χ0n) is 18.9. The highest BCUT2D eigenvalue weighted by molar-refractivity contribution is 5.97. The first-order chi connectivity index (χ1) is 15.2. The van der Waals surface area contributed by atoms with Gasteiger partial charge in [0.2, 0.25) is 23.6 Å². The lowest BCUT2D eigenvalue weighted by Gasteiger charge is -2.33. The molecule has 7 nitrogen and oxygen atoms in total. The van der Waals surface area contributed by atoms with E-state index in [1.54, 1.807) is 6.07 Å². The zero-order valence-corrected chi connectivity index (χ0v) is 18.9. The van der Waals surface area contributed by atoms with Crippen LogP contribution in [0.3, 0.4) is 0 Å². The largest absolute Gasteiger partial charge is 0.512 e. The summed E-state index contributed by atoms with van der Waals surface area (Å²) in [7, 11) is 0. The van der Waals surface area contributed by atoms with Crippen LogP contribution in [0.5, 0.6) is 0 Å². The van der Waals surface area contributed by atoms with Gasteiger partial charge in [-0.15, -0.1) is 0 Å². The lowest BCUT2D eigenvalue weighted by Crippen LogP contribution is -2.50. The average molecular weight is 470 g/mol. The Hall–Kier alpha value is -3.04. The summed E-state index contributed by atoms with van der Waals surface area (Å²) in [6.45, 7) is 5.53. The first-order valence-corrected chi connectivity index (χ1v) is 10.6. The number of hydrogen-bond donors (Lipinski definition) is 4. The second kappa shape index (κ2) is 10.3. The van der Waals surface area contributed by atoms with Crippen LogP contribution in [0.1, 0.15) is 58.4 Å². The van der Waals surface area contributed by atoms with Crippen molar-refractivity contribution < 1.29 is 32.7 Å². The van der Waals surface area contributed by atoms with E-state index in [2.05, 4.69) is 10.6 Å². The highest BCUT2D eigenvalue weighted by atomic mass is 19.3. The average Bonchev–Trinajstić information content (AvgIpc) is 2.64. The summed E-state index contributed by atoms with van der Waals surface area (Å²) in [6, 6.07) is 3.04. The van der Waals surface area contributed by atoms with Gasteiger partial charge in [-0.05, 0) is 41.9 Å². The molecular weight excluding hydrogens is 439 g/mol. The monoisotopic (exact) mass is 469 g/mol. The van der Waals surface area contributed by atoms with Gasteiger partial charge < -0.3 is 21.5 Å². The molecule has 182 valence electrons. The predicted octanol–water partition coefficient (Wildman–Crippen LogP) is 3.69. The number of nitrogens with one attached hydrogen (secondary N) is 2. The van der Waals surface area contributed by atoms with E-state index in [-0.39, 0.29) is 18.5 Å². The molecule has 0 spiro atoms. The molecule has 0 heterocycles. The molecule has 1 aromatic carbocycles. The van der Waals surface area contributed by atoms with Gasteiger partial charge in [-0.3, -0.25) is 14.4 Å². The van der Waals surface area contributed by atoms with E-state index >= 15 is 0 Å². The van der Waals surface area contributed by atoms with E-state index in [1.807, 2.05) is 20.8 Å². The summed E-state index contributed by atoms with van der Waals surface area (Å²) in [5, 5.41) is 14.6. The van der Waals surface area contributed by atoms with E-state index in [4.69, 9.17) is 5.73 Å². The fourth-order valence-electron chi connectivity index (χ4n) is 3.82. The number of anilines is 1. The van der Waals surface area contributed by atoms with Crippen molar-refractivity contribution >= 4 is 23.4 Å². The van der Waals surface area contributed by atoms with Crippen molar-refractivity contribution in [3.05, 3.63) is 41.4 Å². The molecule has 0 saturated heterocycles. The minimum Gasteiger partial charge on any atom is -0.512 e. The second-order valence-corrected chi connectivity index (χ2v) is 9.39. The van der Waals surface area contributed by atoms with Crippen LogP contribution in [-0.2, 0) is 19.8 Å². The number of aliphatic hydroxyl groups excluding tert-OH is 1. The number of rotatable bonds is 7. The number of amides is 3. The fraction of sp³-hybridized carbons (Fsp3) is 0.522. The molecule has 1 fully saturated rings. The lowest BCUT2D eigenvalue weighted by atomic mass is 9.81. The number of aliphatic hydroxyl groups is 1. The first-order valence-electron chi connectivity index (χ1n) is 10.6. The Bertz CT molecular complexity index is 931. The molecule has 0 aliphatic heterocycles. The molecule has 1 atom stereocenters. The Labute approximate surface area is 190 Å². The van der Waals surface area contributed by atoms with Gasteiger partial charge in [-0.25, -0.2) is 13.2 Å². The quantitative estimate of drug-likeness (QED) is 0.359. The number of halogens is 3. The summed E-state index contributed by atoms with van der Waals surface area (Å²) >= 11 is 0. The number of primary amides is 1. The molecule has 1 aromatic rings. The van der Waals surface area contributed by atoms with Gasteiger partial charge in [0.1, 0.15) is 17.6 Å². The van der Waals surface area contributed by atoms with E-state index < -0.39 is 71.9 Å². The van der Waals surface area contributed by atoms with Crippen molar-refractivity contribution in [2.24, 2.45) is 11.7 Å². The maximum absolute atomic E-state index is 14.5. The molecule has 1 aliphatic carbocycles. The molecule has 1 aliphatic rings. The fourth-order valence-corrected chi connectivity index (χ4v) is 3.82. The molecule has 2 rings (SSSR count). The highest BCUT2D eigenvalue weighted by Gasteiger charge is 2.40. The summed E-state index contributed by atoms with van der Waals surface area (Å²) in [4.78, 5) is 36.1. The summed E-state index contributed by atoms with van der Waals surface area (Å²) in [5.41, 5.74) is 5.09. The molecule has 33 heavy (non-hydrogen) atoms. The molecule has 5 N–H and O–H groups in total. The van der Waals surface area contributed by atoms with Gasteiger partial charge in [0, 0.05) is 24.6 Å². The van der Waals surface area contributed by atoms with E-state index in [9.17, 15) is 32.7 Å². The van der Waals surface area contributed by atoms with Crippen LogP contribution < -0.4 is 16.4 Å². The predicted molar refractivity (Wildman–Crippen MR) is 117 cm³/mol. The molecule has 1 saturated carbocycles. The van der Waals surface area contributed by atoms with E-state index in [0.717, 1.165) is 6.07 Å². The Morgan fingerprint density at radius 3 is 2.36 bits per heavy atom. The van der Waals surface area contributed by atoms with Crippen LogP contribution in [-0.4, -0.2) is 34.8 Å². The van der Waals surface area contributed by atoms with E-state index in [1.165, 1.54) is 6.07 Å². The summed E-state index contributed by atoms with van der Waals surface area (Å²) < 4.78 is 41.7. The van der Waals surface area contributed by atoms with Gasteiger partial charge in [-0.1, -0.05) is 26.8 Å². The van der Waals surface area contributed by atoms with Crippen LogP contribution in [0.25, 0.3) is 0 Å². The van der Waals surface area contributed by atoms with Gasteiger partial charge in [0.25, 0.3) is 0 Å². The minimum atomic E-state index is -2.84. The Kier molecular flexibility index (Phi) is 8.16. The highest BCUT2D eigenvalue weighted by Crippen LogP contribution is 2.38. The maximum Gasteiger partial charge on any atom is 0.248 e. The number of hydrogen-bond acceptors (Lipinski definition) is 4.